The lowest BCUT2D eigenvalue weighted by Gasteiger charge is -2.19. The number of halogens is 4. The Bertz CT molecular complexity index is 955. The SMILES string of the molecule is CC[C@@H](C)[C@@H](N)C(=O)OC[C@H]1O[C@@H](n2cnc3c(N)nc(C(F)(F)F)nc32)[C@H](F)C1O. The lowest BCUT2D eigenvalue weighted by atomic mass is 10.0. The molecule has 0 saturated carbocycles. The quantitative estimate of drug-likeness (QED) is 0.431. The number of aliphatic hydroxyl groups is 1. The molecule has 0 aliphatic carbocycles. The van der Waals surface area contributed by atoms with Crippen LogP contribution in [0.15, 0.2) is 6.33 Å². The largest absolute Gasteiger partial charge is 0.462 e. The minimum Gasteiger partial charge on any atom is -0.462 e. The van der Waals surface area contributed by atoms with Gasteiger partial charge in [0.25, 0.3) is 0 Å². The molecule has 172 valence electrons. The van der Waals surface area contributed by atoms with E-state index in [1.165, 1.54) is 0 Å². The average Bonchev–Trinajstić information content (AvgIpc) is 3.26. The summed E-state index contributed by atoms with van der Waals surface area (Å²) in [6.07, 6.45) is -9.95. The number of hydrogen-bond acceptors (Lipinski definition) is 9. The molecule has 31 heavy (non-hydrogen) atoms. The van der Waals surface area contributed by atoms with Gasteiger partial charge in [-0.1, -0.05) is 20.3 Å². The van der Waals surface area contributed by atoms with E-state index in [1.54, 1.807) is 6.92 Å². The van der Waals surface area contributed by atoms with Crippen molar-refractivity contribution in [3.63, 3.8) is 0 Å². The molecular formula is C17H22F4N6O4. The third-order valence-electron chi connectivity index (χ3n) is 5.19. The van der Waals surface area contributed by atoms with Gasteiger partial charge in [-0.3, -0.25) is 9.36 Å². The highest BCUT2D eigenvalue weighted by molar-refractivity contribution is 5.81. The molecule has 5 N–H and O–H groups in total. The molecule has 2 aromatic heterocycles. The smallest absolute Gasteiger partial charge is 0.451 e. The number of rotatable bonds is 6. The van der Waals surface area contributed by atoms with E-state index in [-0.39, 0.29) is 11.4 Å². The summed E-state index contributed by atoms with van der Waals surface area (Å²) >= 11 is 0. The van der Waals surface area contributed by atoms with E-state index in [0.29, 0.717) is 6.42 Å². The van der Waals surface area contributed by atoms with E-state index in [9.17, 15) is 27.5 Å². The predicted molar refractivity (Wildman–Crippen MR) is 97.9 cm³/mol. The van der Waals surface area contributed by atoms with Gasteiger partial charge in [0.1, 0.15) is 30.4 Å². The van der Waals surface area contributed by atoms with Crippen molar-refractivity contribution in [2.24, 2.45) is 11.7 Å². The van der Waals surface area contributed by atoms with E-state index in [2.05, 4.69) is 15.0 Å². The van der Waals surface area contributed by atoms with Gasteiger partial charge in [0.15, 0.2) is 23.9 Å². The van der Waals surface area contributed by atoms with Crippen molar-refractivity contribution in [1.82, 2.24) is 19.5 Å². The predicted octanol–water partition coefficient (Wildman–Crippen LogP) is 0.940. The van der Waals surface area contributed by atoms with Crippen LogP contribution < -0.4 is 11.5 Å². The first-order chi connectivity index (χ1) is 14.5. The van der Waals surface area contributed by atoms with Crippen LogP contribution in [-0.4, -0.2) is 61.6 Å². The highest BCUT2D eigenvalue weighted by Gasteiger charge is 2.47. The van der Waals surface area contributed by atoms with Crippen LogP contribution in [0.4, 0.5) is 23.4 Å². The Labute approximate surface area is 173 Å². The number of aromatic nitrogens is 4. The normalized spacial score (nSPS) is 26.2. The van der Waals surface area contributed by atoms with E-state index >= 15 is 0 Å². The number of carbonyl (C=O) groups is 1. The van der Waals surface area contributed by atoms with Crippen LogP contribution in [0.25, 0.3) is 11.2 Å². The zero-order valence-electron chi connectivity index (χ0n) is 16.6. The number of anilines is 1. The van der Waals surface area contributed by atoms with Gasteiger partial charge in [-0.15, -0.1) is 0 Å². The first-order valence-electron chi connectivity index (χ1n) is 9.42. The summed E-state index contributed by atoms with van der Waals surface area (Å²) in [7, 11) is 0. The molecule has 1 saturated heterocycles. The molecule has 1 fully saturated rings. The molecule has 2 aromatic rings. The number of ether oxygens (including phenoxy) is 2. The Morgan fingerprint density at radius 3 is 2.71 bits per heavy atom. The summed E-state index contributed by atoms with van der Waals surface area (Å²) in [5.74, 6) is -2.98. The first kappa shape index (κ1) is 23.1. The minimum absolute atomic E-state index is 0.158. The van der Waals surface area contributed by atoms with Crippen LogP contribution in [-0.2, 0) is 20.4 Å². The fourth-order valence-corrected chi connectivity index (χ4v) is 3.06. The monoisotopic (exact) mass is 450 g/mol. The summed E-state index contributed by atoms with van der Waals surface area (Å²) < 4.78 is 65.1. The highest BCUT2D eigenvalue weighted by Crippen LogP contribution is 2.35. The number of imidazole rings is 1. The summed E-state index contributed by atoms with van der Waals surface area (Å²) in [5, 5.41) is 10.2. The number of fused-ring (bicyclic) bond motifs is 1. The number of nitrogens with two attached hydrogens (primary N) is 2. The van der Waals surface area contributed by atoms with E-state index in [1.807, 2.05) is 6.92 Å². The zero-order chi connectivity index (χ0) is 23.1. The van der Waals surface area contributed by atoms with Gasteiger partial charge in [-0.25, -0.2) is 19.3 Å². The number of alkyl halides is 4. The summed E-state index contributed by atoms with van der Waals surface area (Å²) in [6.45, 7) is 3.10. The molecule has 0 amide bonds. The molecule has 3 heterocycles. The fourth-order valence-electron chi connectivity index (χ4n) is 3.06. The van der Waals surface area contributed by atoms with Crippen molar-refractivity contribution in [3.05, 3.63) is 12.2 Å². The van der Waals surface area contributed by atoms with Crippen LogP contribution in [0.5, 0.6) is 0 Å². The van der Waals surface area contributed by atoms with Gasteiger partial charge in [-0.05, 0) is 5.92 Å². The van der Waals surface area contributed by atoms with Gasteiger partial charge < -0.3 is 26.0 Å². The van der Waals surface area contributed by atoms with Crippen LogP contribution in [0.1, 0.15) is 32.3 Å². The van der Waals surface area contributed by atoms with Crippen LogP contribution >= 0.6 is 0 Å². The molecule has 6 atom stereocenters. The Hall–Kier alpha value is -2.58. The van der Waals surface area contributed by atoms with E-state index in [4.69, 9.17) is 20.9 Å². The molecule has 0 aromatic carbocycles. The van der Waals surface area contributed by atoms with Crippen molar-refractivity contribution in [2.75, 3.05) is 12.3 Å². The summed E-state index contributed by atoms with van der Waals surface area (Å²) in [6, 6.07) is -0.904. The average molecular weight is 450 g/mol. The van der Waals surface area contributed by atoms with Crippen molar-refractivity contribution in [3.8, 4) is 0 Å². The van der Waals surface area contributed by atoms with Crippen LogP contribution in [0.3, 0.4) is 0 Å². The number of nitrogens with zero attached hydrogens (tertiary/aromatic N) is 4. The van der Waals surface area contributed by atoms with Crippen LogP contribution in [0, 0.1) is 5.92 Å². The van der Waals surface area contributed by atoms with Gasteiger partial charge >= 0.3 is 12.1 Å². The van der Waals surface area contributed by atoms with Crippen molar-refractivity contribution < 1.29 is 36.9 Å². The summed E-state index contributed by atoms with van der Waals surface area (Å²) in [4.78, 5) is 22.4. The topological polar surface area (TPSA) is 151 Å². The molecule has 10 nitrogen and oxygen atoms in total. The lowest BCUT2D eigenvalue weighted by molar-refractivity contribution is -0.152. The van der Waals surface area contributed by atoms with Gasteiger partial charge in [0, 0.05) is 0 Å². The molecule has 3 rings (SSSR count). The summed E-state index contributed by atoms with van der Waals surface area (Å²) in [5.41, 5.74) is 10.7. The maximum Gasteiger partial charge on any atom is 0.451 e. The number of aliphatic hydroxyl groups excluding tert-OH is 1. The second-order valence-corrected chi connectivity index (χ2v) is 7.30. The van der Waals surface area contributed by atoms with Crippen molar-refractivity contribution in [2.45, 2.75) is 57.1 Å². The molecule has 1 aliphatic heterocycles. The standard InChI is InChI=1S/C17H22F4N6O4/c1-3-6(2)9(22)15(29)30-4-7-11(28)8(18)14(31-7)27-5-24-10-12(23)25-16(17(19,20)21)26-13(10)27/h5-9,11,14,28H,3-4,22H2,1-2H3,(H2,23,25,26)/t6-,7-,8-,9-,11?,14-/m1/s1. The third kappa shape index (κ3) is 4.41. The van der Waals surface area contributed by atoms with Crippen molar-refractivity contribution >= 4 is 23.0 Å². The highest BCUT2D eigenvalue weighted by atomic mass is 19.4. The minimum atomic E-state index is -4.90. The fraction of sp³-hybridized carbons (Fsp3) is 0.647. The number of hydrogen-bond donors (Lipinski definition) is 3. The molecule has 1 aliphatic rings. The second kappa shape index (κ2) is 8.51. The lowest BCUT2D eigenvalue weighted by Crippen LogP contribution is -2.40. The van der Waals surface area contributed by atoms with E-state index < -0.39 is 66.7 Å². The zero-order valence-corrected chi connectivity index (χ0v) is 16.6. The number of esters is 1. The molecule has 14 heteroatoms. The Kier molecular flexibility index (Phi) is 6.34. The molecular weight excluding hydrogens is 428 g/mol. The molecule has 0 bridgehead atoms. The molecule has 0 radical (unpaired) electrons. The third-order valence-corrected chi connectivity index (χ3v) is 5.19. The van der Waals surface area contributed by atoms with E-state index in [0.717, 1.165) is 10.9 Å². The van der Waals surface area contributed by atoms with Crippen molar-refractivity contribution in [1.29, 1.82) is 0 Å². The number of carbonyl (C=O) groups excluding carboxylic acids is 1. The Morgan fingerprint density at radius 1 is 1.42 bits per heavy atom. The number of nitrogen functional groups attached to an aromatic ring is 1. The maximum absolute atomic E-state index is 14.7. The Balaban J connectivity index is 1.81. The maximum atomic E-state index is 14.7. The Morgan fingerprint density at radius 2 is 2.10 bits per heavy atom. The molecule has 1 unspecified atom stereocenters. The first-order valence-corrected chi connectivity index (χ1v) is 9.42. The molecule has 0 spiro atoms. The van der Waals surface area contributed by atoms with Crippen LogP contribution in [0.2, 0.25) is 0 Å². The van der Waals surface area contributed by atoms with Gasteiger partial charge in [-0.2, -0.15) is 13.2 Å². The van der Waals surface area contributed by atoms with Gasteiger partial charge in [0.2, 0.25) is 5.82 Å². The second-order valence-electron chi connectivity index (χ2n) is 7.30. The van der Waals surface area contributed by atoms with Gasteiger partial charge in [0.05, 0.1) is 6.33 Å².